The molecule has 2 N–H and O–H groups in total. The smallest absolute Gasteiger partial charge is 0.317 e. The molecule has 0 bridgehead atoms. The first-order valence-corrected chi connectivity index (χ1v) is 10.2. The molecular formula is C22H31N3O3. The first-order valence-electron chi connectivity index (χ1n) is 10.2. The number of hydrogen-bond donors (Lipinski definition) is 2. The highest BCUT2D eigenvalue weighted by Crippen LogP contribution is 2.38. The summed E-state index contributed by atoms with van der Waals surface area (Å²) >= 11 is 0. The average molecular weight is 386 g/mol. The van der Waals surface area contributed by atoms with Gasteiger partial charge in [-0.1, -0.05) is 26.8 Å². The lowest BCUT2D eigenvalue weighted by atomic mass is 9.72. The van der Waals surface area contributed by atoms with E-state index in [-0.39, 0.29) is 12.5 Å². The number of rotatable bonds is 7. The van der Waals surface area contributed by atoms with E-state index in [1.807, 2.05) is 18.2 Å². The minimum Gasteiger partial charge on any atom is -0.481 e. The Hall–Kier alpha value is -2.21. The number of aliphatic carboxylic acids is 1. The van der Waals surface area contributed by atoms with Gasteiger partial charge in [0.05, 0.1) is 11.9 Å². The van der Waals surface area contributed by atoms with Crippen molar-refractivity contribution in [3.05, 3.63) is 30.0 Å². The van der Waals surface area contributed by atoms with Gasteiger partial charge < -0.3 is 15.2 Å². The standard InChI is InChI=1S/C22H31N3O3/c1-22(2,3)17-5-7-18(8-6-17)28-21-24-14-16-12-15(4-9-19(16)25-21)13-23-11-10-20(26)27/h4,9,12,14,17-18,23H,5-8,10-11,13H2,1-3H3,(H,26,27)/t17-,18-. The molecule has 1 aliphatic carbocycles. The minimum absolute atomic E-state index is 0.120. The van der Waals surface area contributed by atoms with E-state index in [9.17, 15) is 4.79 Å². The summed E-state index contributed by atoms with van der Waals surface area (Å²) in [4.78, 5) is 19.5. The number of fused-ring (bicyclic) bond motifs is 1. The van der Waals surface area contributed by atoms with Crippen LogP contribution in [-0.4, -0.2) is 33.7 Å². The highest BCUT2D eigenvalue weighted by molar-refractivity contribution is 5.78. The van der Waals surface area contributed by atoms with Gasteiger partial charge in [-0.3, -0.25) is 4.79 Å². The fourth-order valence-electron chi connectivity index (χ4n) is 3.86. The van der Waals surface area contributed by atoms with Crippen LogP contribution in [0.3, 0.4) is 0 Å². The predicted molar refractivity (Wildman–Crippen MR) is 109 cm³/mol. The highest BCUT2D eigenvalue weighted by atomic mass is 16.5. The van der Waals surface area contributed by atoms with Gasteiger partial charge in [0, 0.05) is 24.7 Å². The van der Waals surface area contributed by atoms with Gasteiger partial charge in [-0.05, 0) is 54.7 Å². The van der Waals surface area contributed by atoms with Crippen LogP contribution >= 0.6 is 0 Å². The van der Waals surface area contributed by atoms with Gasteiger partial charge in [-0.25, -0.2) is 4.98 Å². The van der Waals surface area contributed by atoms with E-state index < -0.39 is 5.97 Å². The summed E-state index contributed by atoms with van der Waals surface area (Å²) < 4.78 is 6.07. The van der Waals surface area contributed by atoms with Crippen molar-refractivity contribution in [1.82, 2.24) is 15.3 Å². The molecule has 0 spiro atoms. The van der Waals surface area contributed by atoms with Crippen molar-refractivity contribution >= 4 is 16.9 Å². The van der Waals surface area contributed by atoms with E-state index in [0.717, 1.165) is 35.2 Å². The molecule has 0 unspecified atom stereocenters. The summed E-state index contributed by atoms with van der Waals surface area (Å²) in [5.74, 6) is -0.0359. The van der Waals surface area contributed by atoms with Crippen molar-refractivity contribution in [2.24, 2.45) is 11.3 Å². The van der Waals surface area contributed by atoms with Crippen LogP contribution in [0.2, 0.25) is 0 Å². The molecule has 1 saturated carbocycles. The van der Waals surface area contributed by atoms with Crippen molar-refractivity contribution < 1.29 is 14.6 Å². The van der Waals surface area contributed by atoms with Crippen LogP contribution in [0, 0.1) is 11.3 Å². The van der Waals surface area contributed by atoms with Crippen LogP contribution < -0.4 is 10.1 Å². The minimum atomic E-state index is -0.793. The zero-order valence-corrected chi connectivity index (χ0v) is 17.1. The Morgan fingerprint density at radius 1 is 1.25 bits per heavy atom. The fourth-order valence-corrected chi connectivity index (χ4v) is 3.86. The van der Waals surface area contributed by atoms with Crippen molar-refractivity contribution in [2.75, 3.05) is 6.54 Å². The Kier molecular flexibility index (Phi) is 6.50. The Morgan fingerprint density at radius 3 is 2.68 bits per heavy atom. The van der Waals surface area contributed by atoms with Gasteiger partial charge in [-0.2, -0.15) is 4.98 Å². The maximum atomic E-state index is 10.6. The predicted octanol–water partition coefficient (Wildman–Crippen LogP) is 4.18. The number of benzene rings is 1. The van der Waals surface area contributed by atoms with E-state index in [1.54, 1.807) is 6.20 Å². The van der Waals surface area contributed by atoms with Gasteiger partial charge in [0.25, 0.3) is 0 Å². The highest BCUT2D eigenvalue weighted by Gasteiger charge is 2.30. The number of aromatic nitrogens is 2. The maximum absolute atomic E-state index is 10.6. The molecule has 1 aliphatic rings. The monoisotopic (exact) mass is 385 g/mol. The third-order valence-electron chi connectivity index (χ3n) is 5.64. The molecular weight excluding hydrogens is 354 g/mol. The molecule has 1 aromatic carbocycles. The molecule has 0 amide bonds. The quantitative estimate of drug-likeness (QED) is 0.696. The molecule has 28 heavy (non-hydrogen) atoms. The molecule has 1 aromatic heterocycles. The first-order chi connectivity index (χ1) is 13.3. The van der Waals surface area contributed by atoms with Crippen LogP contribution in [-0.2, 0) is 11.3 Å². The number of carboxylic acids is 1. The lowest BCUT2D eigenvalue weighted by molar-refractivity contribution is -0.136. The molecule has 0 saturated heterocycles. The van der Waals surface area contributed by atoms with Crippen LogP contribution in [0.1, 0.15) is 58.4 Å². The van der Waals surface area contributed by atoms with Gasteiger partial charge in [0.2, 0.25) is 0 Å². The topological polar surface area (TPSA) is 84.3 Å². The summed E-state index contributed by atoms with van der Waals surface area (Å²) in [6, 6.07) is 6.45. The van der Waals surface area contributed by atoms with Crippen molar-refractivity contribution in [1.29, 1.82) is 0 Å². The second-order valence-electron chi connectivity index (χ2n) is 8.82. The Labute approximate surface area is 166 Å². The molecule has 2 aromatic rings. The number of carboxylic acid groups (broad SMARTS) is 1. The zero-order chi connectivity index (χ0) is 20.1. The van der Waals surface area contributed by atoms with E-state index in [4.69, 9.17) is 9.84 Å². The number of ether oxygens (including phenoxy) is 1. The largest absolute Gasteiger partial charge is 0.481 e. The van der Waals surface area contributed by atoms with E-state index in [2.05, 4.69) is 36.1 Å². The molecule has 0 aliphatic heterocycles. The lowest BCUT2D eigenvalue weighted by Crippen LogP contribution is -2.30. The summed E-state index contributed by atoms with van der Waals surface area (Å²) in [6.45, 7) is 8.04. The molecule has 1 fully saturated rings. The SMILES string of the molecule is CC(C)(C)[C@H]1CC[C@H](Oc2ncc3cc(CNCCC(=O)O)ccc3n2)CC1. The normalized spacial score (nSPS) is 20.2. The van der Waals surface area contributed by atoms with Crippen molar-refractivity contribution in [3.8, 4) is 6.01 Å². The van der Waals surface area contributed by atoms with E-state index >= 15 is 0 Å². The summed E-state index contributed by atoms with van der Waals surface area (Å²) in [6.07, 6.45) is 6.64. The second-order valence-corrected chi connectivity index (χ2v) is 8.82. The Morgan fingerprint density at radius 2 is 2.00 bits per heavy atom. The van der Waals surface area contributed by atoms with Crippen LogP contribution in [0.25, 0.3) is 10.9 Å². The third-order valence-corrected chi connectivity index (χ3v) is 5.64. The Balaban J connectivity index is 1.56. The van der Waals surface area contributed by atoms with E-state index in [1.165, 1.54) is 12.8 Å². The van der Waals surface area contributed by atoms with Gasteiger partial charge in [0.1, 0.15) is 6.10 Å². The molecule has 1 heterocycles. The van der Waals surface area contributed by atoms with Gasteiger partial charge in [-0.15, -0.1) is 0 Å². The van der Waals surface area contributed by atoms with Gasteiger partial charge >= 0.3 is 12.0 Å². The van der Waals surface area contributed by atoms with Crippen LogP contribution in [0.15, 0.2) is 24.4 Å². The molecule has 6 heteroatoms. The number of carbonyl (C=O) groups is 1. The van der Waals surface area contributed by atoms with Gasteiger partial charge in [0.15, 0.2) is 0 Å². The van der Waals surface area contributed by atoms with Crippen molar-refractivity contribution in [2.45, 2.75) is 65.5 Å². The fraction of sp³-hybridized carbons (Fsp3) is 0.591. The molecule has 0 atom stereocenters. The molecule has 6 nitrogen and oxygen atoms in total. The molecule has 152 valence electrons. The summed E-state index contributed by atoms with van der Waals surface area (Å²) in [7, 11) is 0. The lowest BCUT2D eigenvalue weighted by Gasteiger charge is -2.36. The van der Waals surface area contributed by atoms with Crippen LogP contribution in [0.4, 0.5) is 0 Å². The second kappa shape index (κ2) is 8.86. The van der Waals surface area contributed by atoms with Crippen molar-refractivity contribution in [3.63, 3.8) is 0 Å². The average Bonchev–Trinajstić information content (AvgIpc) is 2.65. The molecule has 0 radical (unpaired) electrons. The maximum Gasteiger partial charge on any atom is 0.317 e. The Bertz CT molecular complexity index is 808. The number of hydrogen-bond acceptors (Lipinski definition) is 5. The third kappa shape index (κ3) is 5.64. The zero-order valence-electron chi connectivity index (χ0n) is 17.1. The summed E-state index contributed by atoms with van der Waals surface area (Å²) in [5.41, 5.74) is 2.31. The van der Waals surface area contributed by atoms with Crippen LogP contribution in [0.5, 0.6) is 6.01 Å². The van der Waals surface area contributed by atoms with E-state index in [0.29, 0.717) is 24.5 Å². The first kappa shape index (κ1) is 20.5. The molecule has 3 rings (SSSR count). The number of nitrogens with zero attached hydrogens (tertiary/aromatic N) is 2. The summed E-state index contributed by atoms with van der Waals surface area (Å²) in [5, 5.41) is 12.8. The number of nitrogens with one attached hydrogen (secondary N) is 1.